The number of fused-ring (bicyclic) bond motifs is 1. The van der Waals surface area contributed by atoms with Gasteiger partial charge in [0.15, 0.2) is 11.0 Å². The highest BCUT2D eigenvalue weighted by Crippen LogP contribution is 2.32. The number of aromatic nitrogens is 2. The molecule has 2 nitrogen and oxygen atoms in total. The first-order chi connectivity index (χ1) is 6.93. The van der Waals surface area contributed by atoms with Crippen LogP contribution in [0.5, 0.6) is 0 Å². The Morgan fingerprint density at radius 2 is 1.93 bits per heavy atom. The Hall–Kier alpha value is -0.970. The lowest BCUT2D eigenvalue weighted by atomic mass is 10.3. The van der Waals surface area contributed by atoms with Crippen molar-refractivity contribution in [1.82, 2.24) is 4.57 Å². The third-order valence-corrected chi connectivity index (χ3v) is 2.90. The fourth-order valence-electron chi connectivity index (χ4n) is 1.76. The smallest absolute Gasteiger partial charge is 0.230 e. The van der Waals surface area contributed by atoms with Crippen LogP contribution in [-0.4, -0.2) is 4.57 Å². The molecule has 0 unspecified atom stereocenters. The zero-order valence-electron chi connectivity index (χ0n) is 8.34. The van der Waals surface area contributed by atoms with Gasteiger partial charge in [-0.2, -0.15) is 4.57 Å². The van der Waals surface area contributed by atoms with Crippen molar-refractivity contribution in [2.45, 2.75) is 11.9 Å². The van der Waals surface area contributed by atoms with E-state index in [-0.39, 0.29) is 0 Å². The number of benzene rings is 1. The monoisotopic (exact) mass is 275 g/mol. The van der Waals surface area contributed by atoms with Crippen LogP contribution < -0.4 is 4.57 Å². The average Bonchev–Trinajstić information content (AvgIpc) is 2.39. The molecule has 0 N–H and O–H groups in total. The summed E-state index contributed by atoms with van der Waals surface area (Å²) in [5.41, 5.74) is 1.30. The molecule has 0 aliphatic heterocycles. The molecule has 2 rings (SSSR count). The molecule has 0 saturated carbocycles. The van der Waals surface area contributed by atoms with E-state index in [1.165, 1.54) is 0 Å². The highest BCUT2D eigenvalue weighted by molar-refractivity contribution is 9.09. The van der Waals surface area contributed by atoms with Crippen LogP contribution in [0.3, 0.4) is 0 Å². The molecule has 2 aromatic rings. The van der Waals surface area contributed by atoms with Gasteiger partial charge in [-0.05, 0) is 12.1 Å². The second-order valence-corrected chi connectivity index (χ2v) is 4.35. The van der Waals surface area contributed by atoms with Crippen molar-refractivity contribution in [3.63, 3.8) is 0 Å². The van der Waals surface area contributed by atoms with Gasteiger partial charge in [-0.1, -0.05) is 12.1 Å². The fraction of sp³-hybridized carbons (Fsp3) is 0.300. The predicted octanol–water partition coefficient (Wildman–Crippen LogP) is 2.68. The van der Waals surface area contributed by atoms with E-state index in [1.54, 1.807) is 30.7 Å². The van der Waals surface area contributed by atoms with E-state index in [1.807, 2.05) is 12.1 Å². The van der Waals surface area contributed by atoms with Crippen molar-refractivity contribution < 1.29 is 13.3 Å². The zero-order chi connectivity index (χ0) is 11.2. The van der Waals surface area contributed by atoms with Crippen molar-refractivity contribution in [3.05, 3.63) is 30.1 Å². The number of imidazole rings is 1. The Bertz CT molecular complexity index is 514. The van der Waals surface area contributed by atoms with Gasteiger partial charge in [0.1, 0.15) is 0 Å². The third-order valence-electron chi connectivity index (χ3n) is 2.55. The molecule has 5 heteroatoms. The van der Waals surface area contributed by atoms with Crippen molar-refractivity contribution in [1.29, 1.82) is 0 Å². The average molecular weight is 276 g/mol. The number of para-hydroxylation sites is 2. The van der Waals surface area contributed by atoms with Gasteiger partial charge in [-0.3, -0.25) is 0 Å². The molecule has 0 saturated heterocycles. The third kappa shape index (κ3) is 1.55. The van der Waals surface area contributed by atoms with Crippen molar-refractivity contribution in [2.24, 2.45) is 7.05 Å². The highest BCUT2D eigenvalue weighted by atomic mass is 79.9. The predicted molar refractivity (Wildman–Crippen MR) is 57.0 cm³/mol. The van der Waals surface area contributed by atoms with Crippen LogP contribution in [0.2, 0.25) is 0 Å². The number of alkyl halides is 3. The van der Waals surface area contributed by atoms with E-state index in [0.29, 0.717) is 11.3 Å². The lowest BCUT2D eigenvalue weighted by molar-refractivity contribution is -0.653. The second kappa shape index (κ2) is 3.27. The van der Waals surface area contributed by atoms with Crippen molar-refractivity contribution in [3.8, 4) is 0 Å². The summed E-state index contributed by atoms with van der Waals surface area (Å²) in [7, 11) is 1.77. The first kappa shape index (κ1) is 10.5. The van der Waals surface area contributed by atoms with Gasteiger partial charge >= 0.3 is 4.96 Å². The summed E-state index contributed by atoms with van der Waals surface area (Å²) < 4.78 is 29.4. The standard InChI is InChI=1S/C10H10BrF2N2/c1-7-14(2)8-5-3-4-6-9(8)15(7)10(11,12)13/h3-6H,1-2H3/q+1. The van der Waals surface area contributed by atoms with Crippen molar-refractivity contribution in [2.75, 3.05) is 0 Å². The van der Waals surface area contributed by atoms with E-state index in [2.05, 4.69) is 15.9 Å². The van der Waals surface area contributed by atoms with Gasteiger partial charge in [-0.25, -0.2) is 4.57 Å². The van der Waals surface area contributed by atoms with Crippen LogP contribution in [0.1, 0.15) is 5.82 Å². The molecule has 1 aromatic heterocycles. The fourth-order valence-corrected chi connectivity index (χ4v) is 2.20. The number of nitrogens with zero attached hydrogens (tertiary/aromatic N) is 2. The Balaban J connectivity index is 2.90. The summed E-state index contributed by atoms with van der Waals surface area (Å²) in [4.78, 5) is -3.06. The second-order valence-electron chi connectivity index (χ2n) is 3.40. The molecule has 1 aromatic carbocycles. The van der Waals surface area contributed by atoms with Gasteiger partial charge < -0.3 is 0 Å². The highest BCUT2D eigenvalue weighted by Gasteiger charge is 2.38. The molecule has 0 amide bonds. The number of hydrogen-bond acceptors (Lipinski definition) is 0. The van der Waals surface area contributed by atoms with Gasteiger partial charge in [-0.15, -0.1) is 8.78 Å². The van der Waals surface area contributed by atoms with E-state index in [9.17, 15) is 8.78 Å². The van der Waals surface area contributed by atoms with E-state index in [0.717, 1.165) is 10.1 Å². The molecular formula is C10H10BrF2N2+. The topological polar surface area (TPSA) is 8.81 Å². The van der Waals surface area contributed by atoms with Gasteiger partial charge in [0.05, 0.1) is 7.05 Å². The molecular weight excluding hydrogens is 266 g/mol. The first-order valence-corrected chi connectivity index (χ1v) is 5.25. The van der Waals surface area contributed by atoms with Gasteiger partial charge in [0.2, 0.25) is 0 Å². The SMILES string of the molecule is Cc1n(C(F)(F)Br)c2ccccc2[n+]1C. The van der Waals surface area contributed by atoms with Gasteiger partial charge in [0, 0.05) is 22.9 Å². The maximum atomic E-state index is 13.3. The van der Waals surface area contributed by atoms with Crippen LogP contribution in [0.15, 0.2) is 24.3 Å². The molecule has 1 heterocycles. The molecule has 0 aliphatic carbocycles. The van der Waals surface area contributed by atoms with Crippen LogP contribution >= 0.6 is 15.9 Å². The molecule has 0 bridgehead atoms. The summed E-state index contributed by atoms with van der Waals surface area (Å²) in [5.74, 6) is 0.498. The van der Waals surface area contributed by atoms with Crippen LogP contribution in [-0.2, 0) is 12.0 Å². The minimum Gasteiger partial charge on any atom is -0.230 e. The summed E-state index contributed by atoms with van der Waals surface area (Å²) in [6.07, 6.45) is 0. The molecule has 0 atom stereocenters. The van der Waals surface area contributed by atoms with Crippen LogP contribution in [0, 0.1) is 6.92 Å². The van der Waals surface area contributed by atoms with Crippen LogP contribution in [0.25, 0.3) is 11.0 Å². The number of aryl methyl sites for hydroxylation is 1. The van der Waals surface area contributed by atoms with Crippen molar-refractivity contribution >= 4 is 27.0 Å². The summed E-state index contributed by atoms with van der Waals surface area (Å²) in [5, 5.41) is 0. The van der Waals surface area contributed by atoms with Crippen LogP contribution in [0.4, 0.5) is 8.78 Å². The normalized spacial score (nSPS) is 12.3. The lowest BCUT2D eigenvalue weighted by Gasteiger charge is -2.05. The maximum Gasteiger partial charge on any atom is 0.457 e. The quantitative estimate of drug-likeness (QED) is 0.559. The Morgan fingerprint density at radius 1 is 1.33 bits per heavy atom. The largest absolute Gasteiger partial charge is 0.457 e. The minimum atomic E-state index is -3.06. The summed E-state index contributed by atoms with van der Waals surface area (Å²) in [6.45, 7) is 1.66. The minimum absolute atomic E-state index is 0.498. The Labute approximate surface area is 94.3 Å². The van der Waals surface area contributed by atoms with E-state index in [4.69, 9.17) is 0 Å². The maximum absolute atomic E-state index is 13.3. The first-order valence-electron chi connectivity index (χ1n) is 4.46. The zero-order valence-corrected chi connectivity index (χ0v) is 9.92. The summed E-state index contributed by atoms with van der Waals surface area (Å²) >= 11 is 2.39. The number of halogens is 3. The Kier molecular flexibility index (Phi) is 2.30. The van der Waals surface area contributed by atoms with E-state index < -0.39 is 4.96 Å². The molecule has 0 fully saturated rings. The van der Waals surface area contributed by atoms with E-state index >= 15 is 0 Å². The molecule has 0 aliphatic rings. The molecule has 0 radical (unpaired) electrons. The molecule has 80 valence electrons. The summed E-state index contributed by atoms with van der Waals surface area (Å²) in [6, 6.07) is 7.07. The lowest BCUT2D eigenvalue weighted by Crippen LogP contribution is -2.32. The van der Waals surface area contributed by atoms with Gasteiger partial charge in [0.25, 0.3) is 5.82 Å². The molecule has 0 spiro atoms. The Morgan fingerprint density at radius 3 is 2.53 bits per heavy atom. The number of hydrogen-bond donors (Lipinski definition) is 0. The number of rotatable bonds is 1. The molecule has 15 heavy (non-hydrogen) atoms.